The summed E-state index contributed by atoms with van der Waals surface area (Å²) in [6.45, 7) is 9.39. The van der Waals surface area contributed by atoms with Gasteiger partial charge < -0.3 is 9.47 Å². The minimum atomic E-state index is 0.139. The predicted molar refractivity (Wildman–Crippen MR) is 102 cm³/mol. The minimum Gasteiger partial charge on any atom is -0.308 e. The zero-order valence-electron chi connectivity index (χ0n) is 15.4. The van der Waals surface area contributed by atoms with Crippen LogP contribution in [0.1, 0.15) is 51.4 Å². The van der Waals surface area contributed by atoms with Gasteiger partial charge in [0, 0.05) is 24.2 Å². The molecule has 0 fully saturated rings. The van der Waals surface area contributed by atoms with Gasteiger partial charge in [-0.25, -0.2) is 0 Å². The number of para-hydroxylation sites is 1. The van der Waals surface area contributed by atoms with Crippen molar-refractivity contribution < 1.29 is 4.79 Å². The van der Waals surface area contributed by atoms with Crippen LogP contribution < -0.4 is 4.90 Å². The molecule has 2 heterocycles. The van der Waals surface area contributed by atoms with E-state index in [1.54, 1.807) is 0 Å². The van der Waals surface area contributed by atoms with Crippen LogP contribution in [0.2, 0.25) is 0 Å². The zero-order chi connectivity index (χ0) is 18.0. The maximum absolute atomic E-state index is 12.8. The molecule has 0 spiro atoms. The predicted octanol–water partition coefficient (Wildman–Crippen LogP) is 3.88. The van der Waals surface area contributed by atoms with Gasteiger partial charge in [-0.15, -0.1) is 10.2 Å². The Hall–Kier alpha value is -1.82. The molecule has 6 heteroatoms. The number of fused-ring (bicyclic) bond motifs is 1. The molecule has 1 aliphatic heterocycles. The van der Waals surface area contributed by atoms with Crippen molar-refractivity contribution in [3.05, 3.63) is 35.7 Å². The highest BCUT2D eigenvalue weighted by Gasteiger charge is 2.30. The van der Waals surface area contributed by atoms with Crippen LogP contribution in [-0.2, 0) is 17.8 Å². The highest BCUT2D eigenvalue weighted by Crippen LogP contribution is 2.33. The van der Waals surface area contributed by atoms with E-state index in [2.05, 4.69) is 48.5 Å². The fourth-order valence-corrected chi connectivity index (χ4v) is 4.24. The van der Waals surface area contributed by atoms with Crippen molar-refractivity contribution in [3.63, 3.8) is 0 Å². The molecular weight excluding hydrogens is 332 g/mol. The topological polar surface area (TPSA) is 51.0 Å². The molecule has 1 unspecified atom stereocenters. The van der Waals surface area contributed by atoms with E-state index in [1.165, 1.54) is 17.3 Å². The smallest absolute Gasteiger partial charge is 0.237 e. The van der Waals surface area contributed by atoms with E-state index in [9.17, 15) is 4.79 Å². The van der Waals surface area contributed by atoms with Crippen molar-refractivity contribution in [1.29, 1.82) is 0 Å². The Morgan fingerprint density at radius 3 is 2.80 bits per heavy atom. The molecule has 1 aliphatic rings. The van der Waals surface area contributed by atoms with Crippen molar-refractivity contribution in [2.45, 2.75) is 64.2 Å². The van der Waals surface area contributed by atoms with E-state index in [4.69, 9.17) is 0 Å². The largest absolute Gasteiger partial charge is 0.308 e. The Labute approximate surface area is 153 Å². The molecule has 1 aromatic carbocycles. The molecule has 0 radical (unpaired) electrons. The molecule has 0 aliphatic carbocycles. The van der Waals surface area contributed by atoms with Gasteiger partial charge in [0.05, 0.1) is 5.75 Å². The second-order valence-electron chi connectivity index (χ2n) is 6.88. The van der Waals surface area contributed by atoms with Crippen LogP contribution >= 0.6 is 11.8 Å². The summed E-state index contributed by atoms with van der Waals surface area (Å²) in [5, 5.41) is 9.50. The van der Waals surface area contributed by atoms with Crippen LogP contribution in [0.4, 0.5) is 5.69 Å². The number of carbonyl (C=O) groups is 1. The summed E-state index contributed by atoms with van der Waals surface area (Å²) in [6, 6.07) is 8.40. The van der Waals surface area contributed by atoms with Crippen molar-refractivity contribution in [2.24, 2.45) is 0 Å². The van der Waals surface area contributed by atoms with Crippen LogP contribution in [0.3, 0.4) is 0 Å². The van der Waals surface area contributed by atoms with Gasteiger partial charge in [-0.3, -0.25) is 4.79 Å². The van der Waals surface area contributed by atoms with Gasteiger partial charge in [0.1, 0.15) is 5.82 Å². The molecule has 1 aromatic heterocycles. The quantitative estimate of drug-likeness (QED) is 0.735. The van der Waals surface area contributed by atoms with Crippen LogP contribution in [0.5, 0.6) is 0 Å². The standard InChI is InChI=1S/C19H26N4OS/c1-5-10-22-18(13(2)3)20-21-19(22)25-12-17(24)23-14(4)11-15-8-6-7-9-16(15)23/h6-9,13-14H,5,10-12H2,1-4H3. The lowest BCUT2D eigenvalue weighted by atomic mass is 10.1. The second-order valence-corrected chi connectivity index (χ2v) is 7.82. The summed E-state index contributed by atoms with van der Waals surface area (Å²) in [4.78, 5) is 14.8. The van der Waals surface area contributed by atoms with Gasteiger partial charge in [0.2, 0.25) is 5.91 Å². The Bertz CT molecular complexity index is 756. The van der Waals surface area contributed by atoms with Gasteiger partial charge in [-0.1, -0.05) is 50.7 Å². The maximum Gasteiger partial charge on any atom is 0.237 e. The Morgan fingerprint density at radius 1 is 1.32 bits per heavy atom. The van der Waals surface area contributed by atoms with Gasteiger partial charge in [0.25, 0.3) is 0 Å². The fraction of sp³-hybridized carbons (Fsp3) is 0.526. The molecule has 1 amide bonds. The third-order valence-corrected chi connectivity index (χ3v) is 5.46. The van der Waals surface area contributed by atoms with E-state index in [0.29, 0.717) is 11.7 Å². The normalized spacial score (nSPS) is 16.5. The van der Waals surface area contributed by atoms with Gasteiger partial charge in [-0.2, -0.15) is 0 Å². The molecule has 3 rings (SSSR count). The van der Waals surface area contributed by atoms with Crippen LogP contribution in [-0.4, -0.2) is 32.5 Å². The van der Waals surface area contributed by atoms with E-state index >= 15 is 0 Å². The summed E-state index contributed by atoms with van der Waals surface area (Å²) >= 11 is 1.50. The molecule has 5 nitrogen and oxygen atoms in total. The highest BCUT2D eigenvalue weighted by molar-refractivity contribution is 7.99. The van der Waals surface area contributed by atoms with E-state index in [0.717, 1.165) is 36.1 Å². The van der Waals surface area contributed by atoms with Crippen LogP contribution in [0.25, 0.3) is 0 Å². The molecule has 0 N–H and O–H groups in total. The van der Waals surface area contributed by atoms with E-state index < -0.39 is 0 Å². The number of hydrogen-bond acceptors (Lipinski definition) is 4. The van der Waals surface area contributed by atoms with Crippen molar-refractivity contribution >= 4 is 23.4 Å². The van der Waals surface area contributed by atoms with Gasteiger partial charge >= 0.3 is 0 Å². The van der Waals surface area contributed by atoms with Crippen molar-refractivity contribution in [1.82, 2.24) is 14.8 Å². The SMILES string of the molecule is CCCn1c(SCC(=O)N2c3ccccc3CC2C)nnc1C(C)C. The number of amides is 1. The average molecular weight is 359 g/mol. The summed E-state index contributed by atoms with van der Waals surface area (Å²) in [5.41, 5.74) is 2.31. The molecule has 1 atom stereocenters. The number of carbonyl (C=O) groups excluding carboxylic acids is 1. The Balaban J connectivity index is 1.73. The monoisotopic (exact) mass is 358 g/mol. The molecule has 25 heavy (non-hydrogen) atoms. The number of anilines is 1. The molecule has 0 saturated heterocycles. The highest BCUT2D eigenvalue weighted by atomic mass is 32.2. The van der Waals surface area contributed by atoms with Crippen LogP contribution in [0.15, 0.2) is 29.4 Å². The van der Waals surface area contributed by atoms with Crippen molar-refractivity contribution in [2.75, 3.05) is 10.7 Å². The molecule has 2 aromatic rings. The summed E-state index contributed by atoms with van der Waals surface area (Å²) < 4.78 is 2.16. The number of aromatic nitrogens is 3. The third kappa shape index (κ3) is 3.59. The molecule has 0 bridgehead atoms. The number of hydrogen-bond donors (Lipinski definition) is 0. The van der Waals surface area contributed by atoms with Gasteiger partial charge in [-0.05, 0) is 31.4 Å². The fourth-order valence-electron chi connectivity index (χ4n) is 3.41. The second kappa shape index (κ2) is 7.60. The summed E-state index contributed by atoms with van der Waals surface area (Å²) in [7, 11) is 0. The first-order valence-corrected chi connectivity index (χ1v) is 9.97. The number of thioether (sulfide) groups is 1. The Kier molecular flexibility index (Phi) is 5.47. The molecular formula is C19H26N4OS. The lowest BCUT2D eigenvalue weighted by Crippen LogP contribution is -2.37. The Morgan fingerprint density at radius 2 is 2.08 bits per heavy atom. The lowest BCUT2D eigenvalue weighted by Gasteiger charge is -2.22. The number of benzene rings is 1. The number of nitrogens with zero attached hydrogens (tertiary/aromatic N) is 4. The molecule has 0 saturated carbocycles. The third-order valence-electron chi connectivity index (χ3n) is 4.51. The van der Waals surface area contributed by atoms with Crippen molar-refractivity contribution in [3.8, 4) is 0 Å². The minimum absolute atomic E-state index is 0.139. The molecule has 134 valence electrons. The summed E-state index contributed by atoms with van der Waals surface area (Å²) in [5.74, 6) is 1.85. The zero-order valence-corrected chi connectivity index (χ0v) is 16.2. The average Bonchev–Trinajstić information content (AvgIpc) is 3.13. The first kappa shape index (κ1) is 18.0. The van der Waals surface area contributed by atoms with E-state index in [-0.39, 0.29) is 11.9 Å². The summed E-state index contributed by atoms with van der Waals surface area (Å²) in [6.07, 6.45) is 1.95. The van der Waals surface area contributed by atoms with E-state index in [1.807, 2.05) is 23.1 Å². The van der Waals surface area contributed by atoms with Gasteiger partial charge in [0.15, 0.2) is 5.16 Å². The maximum atomic E-state index is 12.8. The number of rotatable bonds is 6. The first-order chi connectivity index (χ1) is 12.0. The lowest BCUT2D eigenvalue weighted by molar-refractivity contribution is -0.116. The van der Waals surface area contributed by atoms with Crippen LogP contribution in [0, 0.1) is 0 Å². The first-order valence-electron chi connectivity index (χ1n) is 8.98.